The van der Waals surface area contributed by atoms with Crippen LogP contribution in [0.25, 0.3) is 0 Å². The Labute approximate surface area is 134 Å². The second-order valence-electron chi connectivity index (χ2n) is 4.44. The number of halogens is 3. The number of anilines is 1. The van der Waals surface area contributed by atoms with E-state index in [2.05, 4.69) is 9.98 Å². The van der Waals surface area contributed by atoms with Crippen molar-refractivity contribution in [3.05, 3.63) is 28.2 Å². The summed E-state index contributed by atoms with van der Waals surface area (Å²) in [6.07, 6.45) is 0.712. The van der Waals surface area contributed by atoms with Crippen molar-refractivity contribution in [1.29, 1.82) is 0 Å². The van der Waals surface area contributed by atoms with Crippen molar-refractivity contribution in [2.45, 2.75) is 25.9 Å². The fourth-order valence-electron chi connectivity index (χ4n) is 2.01. The van der Waals surface area contributed by atoms with Gasteiger partial charge in [0, 0.05) is 5.69 Å². The number of hydrogen-bond acceptors (Lipinski definition) is 5. The third kappa shape index (κ3) is 2.95. The lowest BCUT2D eigenvalue weighted by Gasteiger charge is -2.40. The lowest BCUT2D eigenvalue weighted by atomic mass is 10.1. The molecule has 8 heteroatoms. The van der Waals surface area contributed by atoms with Gasteiger partial charge in [-0.1, -0.05) is 30.1 Å². The molecule has 4 N–H and O–H groups in total. The molecule has 0 spiro atoms. The van der Waals surface area contributed by atoms with Crippen LogP contribution in [0.3, 0.4) is 0 Å². The Kier molecular flexibility index (Phi) is 5.13. The van der Waals surface area contributed by atoms with Gasteiger partial charge in [-0.2, -0.15) is 4.99 Å². The third-order valence-electron chi connectivity index (χ3n) is 3.13. The largest absolute Gasteiger partial charge is 0.369 e. The molecule has 20 heavy (non-hydrogen) atoms. The average molecular weight is 337 g/mol. The van der Waals surface area contributed by atoms with Gasteiger partial charge in [-0.3, -0.25) is 4.90 Å². The van der Waals surface area contributed by atoms with Crippen molar-refractivity contribution in [2.24, 2.45) is 21.5 Å². The average Bonchev–Trinajstić information content (AvgIpc) is 2.32. The van der Waals surface area contributed by atoms with Crippen LogP contribution in [0.1, 0.15) is 20.3 Å². The normalized spacial score (nSPS) is 21.9. The second-order valence-corrected chi connectivity index (χ2v) is 5.26. The summed E-state index contributed by atoms with van der Waals surface area (Å²) in [6, 6.07) is 5.27. The molecular formula is C12H16Cl3N5. The summed E-state index contributed by atoms with van der Waals surface area (Å²) in [5.41, 5.74) is 11.8. The molecule has 1 aliphatic rings. The molecule has 110 valence electrons. The maximum Gasteiger partial charge on any atom is 0.220 e. The summed E-state index contributed by atoms with van der Waals surface area (Å²) in [5.74, 6) is 0.466. The molecule has 0 fully saturated rings. The summed E-state index contributed by atoms with van der Waals surface area (Å²) in [6.45, 7) is 3.93. The van der Waals surface area contributed by atoms with Crippen LogP contribution in [0.2, 0.25) is 10.0 Å². The molecule has 1 unspecified atom stereocenters. The Balaban J connectivity index is 0.00000200. The number of hydrogen-bond donors (Lipinski definition) is 2. The summed E-state index contributed by atoms with van der Waals surface area (Å²) >= 11 is 12.0. The highest BCUT2D eigenvalue weighted by Gasteiger charge is 2.35. The van der Waals surface area contributed by atoms with E-state index in [1.54, 1.807) is 17.0 Å². The van der Waals surface area contributed by atoms with Crippen molar-refractivity contribution in [3.63, 3.8) is 0 Å². The molecule has 1 aromatic carbocycles. The molecule has 0 aromatic heterocycles. The number of aliphatic imine (C=N–C) groups is 2. The molecule has 0 saturated heterocycles. The minimum atomic E-state index is -0.590. The van der Waals surface area contributed by atoms with Gasteiger partial charge in [0.15, 0.2) is 0 Å². The third-order valence-corrected chi connectivity index (χ3v) is 3.87. The topological polar surface area (TPSA) is 80.0 Å². The molecule has 0 aliphatic carbocycles. The smallest absolute Gasteiger partial charge is 0.220 e. The summed E-state index contributed by atoms with van der Waals surface area (Å²) in [7, 11) is 0. The molecule has 1 atom stereocenters. The van der Waals surface area contributed by atoms with Crippen LogP contribution < -0.4 is 16.4 Å². The first kappa shape index (κ1) is 16.9. The molecule has 5 nitrogen and oxygen atoms in total. The highest BCUT2D eigenvalue weighted by atomic mass is 35.5. The first-order valence-electron chi connectivity index (χ1n) is 5.82. The number of nitrogens with two attached hydrogens (primary N) is 2. The summed E-state index contributed by atoms with van der Waals surface area (Å²) < 4.78 is 0. The molecule has 0 saturated carbocycles. The molecule has 2 rings (SSSR count). The van der Waals surface area contributed by atoms with Crippen molar-refractivity contribution < 1.29 is 0 Å². The van der Waals surface area contributed by atoms with Crippen LogP contribution in [0.4, 0.5) is 5.69 Å². The van der Waals surface area contributed by atoms with E-state index in [0.717, 1.165) is 5.69 Å². The number of benzene rings is 1. The number of nitrogens with zero attached hydrogens (tertiary/aromatic N) is 3. The minimum absolute atomic E-state index is 0. The monoisotopic (exact) mass is 335 g/mol. The lowest BCUT2D eigenvalue weighted by Crippen LogP contribution is -2.55. The number of guanidine groups is 2. The first-order chi connectivity index (χ1) is 8.87. The zero-order valence-corrected chi connectivity index (χ0v) is 13.4. The summed E-state index contributed by atoms with van der Waals surface area (Å²) in [4.78, 5) is 10.2. The standard InChI is InChI=1S/C12H15Cl2N5.ClH/c1-3-12(2)18-10(15)17-11(16)19(12)7-4-5-8(13)9(14)6-7;/h4-6H,3H2,1-2H3,(H4,15,16,17,18);1H. The van der Waals surface area contributed by atoms with Crippen molar-refractivity contribution in [3.8, 4) is 0 Å². The maximum atomic E-state index is 6.05. The van der Waals surface area contributed by atoms with Crippen molar-refractivity contribution >= 4 is 53.2 Å². The van der Waals surface area contributed by atoms with Crippen LogP contribution in [0, 0.1) is 0 Å². The fraction of sp³-hybridized carbons (Fsp3) is 0.333. The molecule has 1 aliphatic heterocycles. The van der Waals surface area contributed by atoms with Crippen molar-refractivity contribution in [1.82, 2.24) is 0 Å². The van der Waals surface area contributed by atoms with Gasteiger partial charge in [0.25, 0.3) is 0 Å². The van der Waals surface area contributed by atoms with Crippen molar-refractivity contribution in [2.75, 3.05) is 4.90 Å². The van der Waals surface area contributed by atoms with Gasteiger partial charge in [0.2, 0.25) is 11.9 Å². The van der Waals surface area contributed by atoms with E-state index < -0.39 is 5.66 Å². The van der Waals surface area contributed by atoms with E-state index in [1.165, 1.54) is 0 Å². The SMILES string of the molecule is CCC1(C)N=C(N)N=C(N)N1c1ccc(Cl)c(Cl)c1.Cl. The van der Waals surface area contributed by atoms with Gasteiger partial charge in [0.1, 0.15) is 5.66 Å². The van der Waals surface area contributed by atoms with E-state index >= 15 is 0 Å². The van der Waals surface area contributed by atoms with Gasteiger partial charge in [0.05, 0.1) is 10.0 Å². The maximum absolute atomic E-state index is 6.05. The quantitative estimate of drug-likeness (QED) is 0.871. The van der Waals surface area contributed by atoms with Gasteiger partial charge >= 0.3 is 0 Å². The van der Waals surface area contributed by atoms with Gasteiger partial charge in [-0.05, 0) is 31.5 Å². The lowest BCUT2D eigenvalue weighted by molar-refractivity contribution is 0.466. The van der Waals surface area contributed by atoms with Crippen LogP contribution in [-0.2, 0) is 0 Å². The van der Waals surface area contributed by atoms with E-state index in [4.69, 9.17) is 34.7 Å². The summed E-state index contributed by atoms with van der Waals surface area (Å²) in [5, 5.41) is 0.937. The molecule has 0 amide bonds. The Hall–Kier alpha value is -1.17. The zero-order chi connectivity index (χ0) is 14.2. The van der Waals surface area contributed by atoms with Gasteiger partial charge < -0.3 is 11.5 Å². The highest BCUT2D eigenvalue weighted by Crippen LogP contribution is 2.33. The molecule has 1 aromatic rings. The molecular weight excluding hydrogens is 321 g/mol. The molecule has 1 heterocycles. The van der Waals surface area contributed by atoms with Crippen LogP contribution in [0.15, 0.2) is 28.2 Å². The van der Waals surface area contributed by atoms with E-state index in [9.17, 15) is 0 Å². The molecule has 0 bridgehead atoms. The molecule has 0 radical (unpaired) electrons. The highest BCUT2D eigenvalue weighted by molar-refractivity contribution is 6.42. The number of rotatable bonds is 2. The fourth-order valence-corrected chi connectivity index (χ4v) is 2.30. The minimum Gasteiger partial charge on any atom is -0.369 e. The van der Waals surface area contributed by atoms with Gasteiger partial charge in [-0.25, -0.2) is 4.99 Å². The van der Waals surface area contributed by atoms with Crippen LogP contribution in [-0.4, -0.2) is 17.6 Å². The Morgan fingerprint density at radius 3 is 2.45 bits per heavy atom. The Bertz CT molecular complexity index is 572. The predicted octanol–water partition coefficient (Wildman–Crippen LogP) is 2.99. The van der Waals surface area contributed by atoms with E-state index in [-0.39, 0.29) is 24.3 Å². The first-order valence-corrected chi connectivity index (χ1v) is 6.58. The van der Waals surface area contributed by atoms with Crippen LogP contribution in [0.5, 0.6) is 0 Å². The van der Waals surface area contributed by atoms with Crippen LogP contribution >= 0.6 is 35.6 Å². The van der Waals surface area contributed by atoms with E-state index in [0.29, 0.717) is 16.5 Å². The Morgan fingerprint density at radius 1 is 1.25 bits per heavy atom. The van der Waals surface area contributed by atoms with E-state index in [1.807, 2.05) is 19.9 Å². The zero-order valence-electron chi connectivity index (χ0n) is 11.1. The Morgan fingerprint density at radius 2 is 1.90 bits per heavy atom. The second kappa shape index (κ2) is 6.08. The van der Waals surface area contributed by atoms with Gasteiger partial charge in [-0.15, -0.1) is 12.4 Å². The predicted molar refractivity (Wildman–Crippen MR) is 88.1 cm³/mol.